The molecule has 0 fully saturated rings. The molecule has 0 aliphatic rings. The lowest BCUT2D eigenvalue weighted by Gasteiger charge is -2.12. The summed E-state index contributed by atoms with van der Waals surface area (Å²) >= 11 is 8.44. The van der Waals surface area contributed by atoms with Crippen LogP contribution in [0.3, 0.4) is 0 Å². The number of carbonyl (C=O) groups excluding carboxylic acids is 2. The second-order valence-electron chi connectivity index (χ2n) is 4.43. The first-order chi connectivity index (χ1) is 11.0. The van der Waals surface area contributed by atoms with Crippen LogP contribution in [-0.2, 0) is 4.74 Å². The van der Waals surface area contributed by atoms with Crippen LogP contribution in [0.2, 0.25) is 0 Å². The predicted octanol–water partition coefficient (Wildman–Crippen LogP) is 3.36. The Kier molecular flexibility index (Phi) is 5.84. The number of rotatable bonds is 3. The molecule has 0 aromatic heterocycles. The monoisotopic (exact) mass is 392 g/mol. The summed E-state index contributed by atoms with van der Waals surface area (Å²) < 4.78 is 5.37. The van der Waals surface area contributed by atoms with Crippen molar-refractivity contribution in [1.82, 2.24) is 5.32 Å². The number of carbonyl (C=O) groups is 2. The van der Waals surface area contributed by atoms with Gasteiger partial charge >= 0.3 is 5.97 Å². The number of nitrogens with one attached hydrogen (secondary N) is 2. The Bertz CT molecular complexity index is 764. The number of anilines is 1. The van der Waals surface area contributed by atoms with E-state index >= 15 is 0 Å². The lowest BCUT2D eigenvalue weighted by Crippen LogP contribution is -2.34. The number of thiocarbonyl (C=S) groups is 1. The minimum atomic E-state index is -0.493. The van der Waals surface area contributed by atoms with E-state index in [0.717, 1.165) is 0 Å². The maximum atomic E-state index is 12.2. The second kappa shape index (κ2) is 7.85. The normalized spacial score (nSPS) is 9.83. The van der Waals surface area contributed by atoms with E-state index in [1.807, 2.05) is 6.07 Å². The zero-order chi connectivity index (χ0) is 16.8. The van der Waals surface area contributed by atoms with Gasteiger partial charge in [-0.1, -0.05) is 24.3 Å². The lowest BCUT2D eigenvalue weighted by molar-refractivity contribution is 0.0602. The Morgan fingerprint density at radius 1 is 1.04 bits per heavy atom. The van der Waals surface area contributed by atoms with Crippen molar-refractivity contribution in [3.8, 4) is 0 Å². The number of amides is 1. The molecular weight excluding hydrogens is 380 g/mol. The fourth-order valence-electron chi connectivity index (χ4n) is 1.85. The number of para-hydroxylation sites is 1. The van der Waals surface area contributed by atoms with Crippen molar-refractivity contribution < 1.29 is 14.3 Å². The highest BCUT2D eigenvalue weighted by Gasteiger charge is 2.14. The Hall–Kier alpha value is -2.25. The van der Waals surface area contributed by atoms with Gasteiger partial charge in [0.25, 0.3) is 5.91 Å². The van der Waals surface area contributed by atoms with Crippen LogP contribution in [-0.4, -0.2) is 24.1 Å². The number of halogens is 1. The fraction of sp³-hybridized carbons (Fsp3) is 0.0625. The van der Waals surface area contributed by atoms with Crippen LogP contribution in [0.1, 0.15) is 20.7 Å². The molecule has 7 heteroatoms. The molecular formula is C16H13BrN2O3S. The molecule has 0 saturated heterocycles. The molecule has 0 atom stereocenters. The molecule has 2 rings (SSSR count). The molecule has 118 valence electrons. The van der Waals surface area contributed by atoms with Crippen LogP contribution in [0.5, 0.6) is 0 Å². The number of hydrogen-bond donors (Lipinski definition) is 2. The molecule has 0 saturated carbocycles. The van der Waals surface area contributed by atoms with Crippen molar-refractivity contribution in [1.29, 1.82) is 0 Å². The molecule has 0 spiro atoms. The third-order valence-corrected chi connectivity index (χ3v) is 3.82. The van der Waals surface area contributed by atoms with E-state index in [9.17, 15) is 9.59 Å². The summed E-state index contributed by atoms with van der Waals surface area (Å²) in [6.07, 6.45) is 0. The van der Waals surface area contributed by atoms with Gasteiger partial charge in [-0.2, -0.15) is 0 Å². The second-order valence-corrected chi connectivity index (χ2v) is 5.69. The van der Waals surface area contributed by atoms with E-state index in [0.29, 0.717) is 21.3 Å². The summed E-state index contributed by atoms with van der Waals surface area (Å²) in [6.45, 7) is 0. The average Bonchev–Trinajstić information content (AvgIpc) is 2.54. The highest BCUT2D eigenvalue weighted by molar-refractivity contribution is 9.10. The van der Waals surface area contributed by atoms with Gasteiger partial charge in [0.05, 0.1) is 23.9 Å². The van der Waals surface area contributed by atoms with Gasteiger partial charge in [-0.05, 0) is 52.4 Å². The first-order valence-electron chi connectivity index (χ1n) is 6.57. The molecule has 0 aliphatic carbocycles. The quantitative estimate of drug-likeness (QED) is 0.619. The van der Waals surface area contributed by atoms with Gasteiger partial charge in [0.15, 0.2) is 5.11 Å². The summed E-state index contributed by atoms with van der Waals surface area (Å²) in [5, 5.41) is 5.48. The van der Waals surface area contributed by atoms with Gasteiger partial charge < -0.3 is 10.1 Å². The maximum absolute atomic E-state index is 12.2. The van der Waals surface area contributed by atoms with E-state index in [-0.39, 0.29) is 11.0 Å². The molecule has 0 aliphatic heterocycles. The zero-order valence-electron chi connectivity index (χ0n) is 12.1. The van der Waals surface area contributed by atoms with Crippen LogP contribution in [0, 0.1) is 0 Å². The molecule has 1 amide bonds. The highest BCUT2D eigenvalue weighted by Crippen LogP contribution is 2.17. The molecule has 0 bridgehead atoms. The van der Waals surface area contributed by atoms with E-state index in [1.54, 1.807) is 42.5 Å². The highest BCUT2D eigenvalue weighted by atomic mass is 79.9. The number of ether oxygens (including phenoxy) is 1. The maximum Gasteiger partial charge on any atom is 0.339 e. The van der Waals surface area contributed by atoms with Gasteiger partial charge in [-0.3, -0.25) is 10.1 Å². The topological polar surface area (TPSA) is 67.4 Å². The Balaban J connectivity index is 2.10. The zero-order valence-corrected chi connectivity index (χ0v) is 14.5. The summed E-state index contributed by atoms with van der Waals surface area (Å²) in [5.41, 5.74) is 1.24. The number of esters is 1. The van der Waals surface area contributed by atoms with Crippen molar-refractivity contribution in [3.05, 3.63) is 64.1 Å². The Labute approximate surface area is 147 Å². The minimum Gasteiger partial charge on any atom is -0.465 e. The van der Waals surface area contributed by atoms with Crippen LogP contribution in [0.25, 0.3) is 0 Å². The summed E-state index contributed by atoms with van der Waals surface area (Å²) in [7, 11) is 1.30. The third kappa shape index (κ3) is 4.37. The molecule has 0 heterocycles. The fourth-order valence-corrected chi connectivity index (χ4v) is 2.52. The van der Waals surface area contributed by atoms with Crippen molar-refractivity contribution in [3.63, 3.8) is 0 Å². The predicted molar refractivity (Wildman–Crippen MR) is 95.6 cm³/mol. The van der Waals surface area contributed by atoms with Crippen molar-refractivity contribution in [2.24, 2.45) is 0 Å². The van der Waals surface area contributed by atoms with Crippen molar-refractivity contribution >= 4 is 50.8 Å². The van der Waals surface area contributed by atoms with Gasteiger partial charge in [-0.25, -0.2) is 4.79 Å². The van der Waals surface area contributed by atoms with Crippen LogP contribution >= 0.6 is 28.1 Å². The smallest absolute Gasteiger partial charge is 0.339 e. The summed E-state index contributed by atoms with van der Waals surface area (Å²) in [4.78, 5) is 23.9. The molecule has 2 aromatic carbocycles. The molecule has 0 unspecified atom stereocenters. The Morgan fingerprint density at radius 2 is 1.65 bits per heavy atom. The standard InChI is InChI=1S/C16H13BrN2O3S/c1-22-15(21)11-7-3-5-9-13(11)18-16(23)19-14(20)10-6-2-4-8-12(10)17/h2-9H,1H3,(H2,18,19,20,23). The van der Waals surface area contributed by atoms with Crippen molar-refractivity contribution in [2.45, 2.75) is 0 Å². The van der Waals surface area contributed by atoms with Gasteiger partial charge in [-0.15, -0.1) is 0 Å². The van der Waals surface area contributed by atoms with Gasteiger partial charge in [0.1, 0.15) is 0 Å². The molecule has 2 aromatic rings. The average molecular weight is 393 g/mol. The summed E-state index contributed by atoms with van der Waals surface area (Å²) in [6, 6.07) is 13.7. The van der Waals surface area contributed by atoms with Gasteiger partial charge in [0, 0.05) is 4.47 Å². The lowest BCUT2D eigenvalue weighted by atomic mass is 10.2. The summed E-state index contributed by atoms with van der Waals surface area (Å²) in [5.74, 6) is -0.849. The number of methoxy groups -OCH3 is 1. The van der Waals surface area contributed by atoms with E-state index in [2.05, 4.69) is 26.6 Å². The third-order valence-electron chi connectivity index (χ3n) is 2.93. The first kappa shape index (κ1) is 17.1. The largest absolute Gasteiger partial charge is 0.465 e. The molecule has 0 radical (unpaired) electrons. The first-order valence-corrected chi connectivity index (χ1v) is 7.77. The molecule has 2 N–H and O–H groups in total. The van der Waals surface area contributed by atoms with Crippen molar-refractivity contribution in [2.75, 3.05) is 12.4 Å². The van der Waals surface area contributed by atoms with Crippen LogP contribution in [0.15, 0.2) is 53.0 Å². The number of benzene rings is 2. The molecule has 23 heavy (non-hydrogen) atoms. The van der Waals surface area contributed by atoms with Crippen LogP contribution in [0.4, 0.5) is 5.69 Å². The SMILES string of the molecule is COC(=O)c1ccccc1NC(=S)NC(=O)c1ccccc1Br. The van der Waals surface area contributed by atoms with Crippen LogP contribution < -0.4 is 10.6 Å². The molecule has 5 nitrogen and oxygen atoms in total. The number of hydrogen-bond acceptors (Lipinski definition) is 4. The van der Waals surface area contributed by atoms with E-state index in [4.69, 9.17) is 17.0 Å². The van der Waals surface area contributed by atoms with Gasteiger partial charge in [0.2, 0.25) is 0 Å². The Morgan fingerprint density at radius 3 is 2.30 bits per heavy atom. The minimum absolute atomic E-state index is 0.0853. The van der Waals surface area contributed by atoms with E-state index < -0.39 is 5.97 Å². The van der Waals surface area contributed by atoms with E-state index in [1.165, 1.54) is 7.11 Å².